The van der Waals surface area contributed by atoms with Gasteiger partial charge in [-0.3, -0.25) is 15.0 Å². The molecule has 0 aromatic carbocycles. The molecule has 11 heavy (non-hydrogen) atoms. The zero-order valence-corrected chi connectivity index (χ0v) is 7.60. The van der Waals surface area contributed by atoms with Crippen molar-refractivity contribution in [2.75, 3.05) is 19.6 Å². The van der Waals surface area contributed by atoms with E-state index >= 15 is 0 Å². The first-order valence-electron chi connectivity index (χ1n) is 3.70. The highest BCUT2D eigenvalue weighted by Gasteiger charge is 2.38. The van der Waals surface area contributed by atoms with Crippen LogP contribution >= 0.6 is 15.9 Å². The van der Waals surface area contributed by atoms with Gasteiger partial charge in [-0.15, -0.1) is 0 Å². The maximum atomic E-state index is 11.2. The van der Waals surface area contributed by atoms with Crippen LogP contribution in [0.5, 0.6) is 0 Å². The molecule has 0 spiro atoms. The summed E-state index contributed by atoms with van der Waals surface area (Å²) in [5.41, 5.74) is 0. The van der Waals surface area contributed by atoms with Gasteiger partial charge in [0.1, 0.15) is 6.17 Å². The van der Waals surface area contributed by atoms with Crippen molar-refractivity contribution in [3.63, 3.8) is 0 Å². The van der Waals surface area contributed by atoms with Crippen LogP contribution in [0.25, 0.3) is 0 Å². The van der Waals surface area contributed by atoms with Crippen molar-refractivity contribution in [2.45, 2.75) is 11.1 Å². The third-order valence-corrected chi connectivity index (χ3v) is 2.94. The summed E-state index contributed by atoms with van der Waals surface area (Å²) < 4.78 is 0. The molecule has 2 heterocycles. The summed E-state index contributed by atoms with van der Waals surface area (Å²) in [6, 6.07) is 0. The molecule has 0 aromatic rings. The number of fused-ring (bicyclic) bond motifs is 1. The SMILES string of the molecule is O=C1NCCN2C(Br)CNC12. The predicted octanol–water partition coefficient (Wildman–Crippen LogP) is -0.931. The number of rotatable bonds is 0. The number of piperazine rings is 1. The Bertz CT molecular complexity index is 187. The van der Waals surface area contributed by atoms with Crippen molar-refractivity contribution in [2.24, 2.45) is 0 Å². The monoisotopic (exact) mass is 219 g/mol. The fraction of sp³-hybridized carbons (Fsp3) is 0.833. The van der Waals surface area contributed by atoms with Crippen LogP contribution in [0, 0.1) is 0 Å². The summed E-state index contributed by atoms with van der Waals surface area (Å²) in [5.74, 6) is 0.0956. The van der Waals surface area contributed by atoms with Crippen molar-refractivity contribution in [3.05, 3.63) is 0 Å². The molecule has 0 saturated carbocycles. The van der Waals surface area contributed by atoms with Crippen LogP contribution in [0.4, 0.5) is 0 Å². The zero-order valence-electron chi connectivity index (χ0n) is 6.01. The summed E-state index contributed by atoms with van der Waals surface area (Å²) >= 11 is 3.49. The van der Waals surface area contributed by atoms with E-state index in [1.807, 2.05) is 0 Å². The van der Waals surface area contributed by atoms with Crippen LogP contribution in [-0.2, 0) is 4.79 Å². The lowest BCUT2D eigenvalue weighted by Gasteiger charge is -2.30. The highest BCUT2D eigenvalue weighted by molar-refractivity contribution is 9.09. The van der Waals surface area contributed by atoms with E-state index in [1.165, 1.54) is 0 Å². The summed E-state index contributed by atoms with van der Waals surface area (Å²) in [4.78, 5) is 13.6. The minimum atomic E-state index is -0.104. The lowest BCUT2D eigenvalue weighted by molar-refractivity contribution is -0.128. The van der Waals surface area contributed by atoms with Crippen molar-refractivity contribution >= 4 is 21.8 Å². The van der Waals surface area contributed by atoms with Gasteiger partial charge in [-0.1, -0.05) is 15.9 Å². The minimum absolute atomic E-state index is 0.0956. The Morgan fingerprint density at radius 1 is 1.64 bits per heavy atom. The van der Waals surface area contributed by atoms with E-state index < -0.39 is 0 Å². The van der Waals surface area contributed by atoms with Crippen molar-refractivity contribution in [3.8, 4) is 0 Å². The minimum Gasteiger partial charge on any atom is -0.352 e. The molecule has 2 aliphatic rings. The molecule has 2 N–H and O–H groups in total. The van der Waals surface area contributed by atoms with E-state index in [0.717, 1.165) is 19.6 Å². The second kappa shape index (κ2) is 2.73. The highest BCUT2D eigenvalue weighted by atomic mass is 79.9. The molecule has 2 saturated heterocycles. The van der Waals surface area contributed by atoms with Gasteiger partial charge in [-0.2, -0.15) is 0 Å². The maximum absolute atomic E-state index is 11.2. The molecule has 2 rings (SSSR count). The molecule has 5 heteroatoms. The largest absolute Gasteiger partial charge is 0.352 e. The van der Waals surface area contributed by atoms with Crippen LogP contribution in [-0.4, -0.2) is 41.6 Å². The summed E-state index contributed by atoms with van der Waals surface area (Å²) in [6.45, 7) is 2.54. The van der Waals surface area contributed by atoms with Crippen LogP contribution in [0.15, 0.2) is 0 Å². The molecule has 2 atom stereocenters. The van der Waals surface area contributed by atoms with E-state index in [0.29, 0.717) is 4.95 Å². The molecule has 0 aliphatic carbocycles. The van der Waals surface area contributed by atoms with Gasteiger partial charge in [0.2, 0.25) is 0 Å². The fourth-order valence-corrected chi connectivity index (χ4v) is 2.15. The van der Waals surface area contributed by atoms with E-state index in [4.69, 9.17) is 0 Å². The molecular weight excluding hydrogens is 210 g/mol. The lowest BCUT2D eigenvalue weighted by atomic mass is 10.3. The molecule has 1 amide bonds. The number of hydrogen-bond donors (Lipinski definition) is 2. The Kier molecular flexibility index (Phi) is 1.86. The third-order valence-electron chi connectivity index (χ3n) is 2.09. The smallest absolute Gasteiger partial charge is 0.252 e. The maximum Gasteiger partial charge on any atom is 0.252 e. The van der Waals surface area contributed by atoms with Crippen LogP contribution in [0.3, 0.4) is 0 Å². The number of carbonyl (C=O) groups is 1. The lowest BCUT2D eigenvalue weighted by Crippen LogP contribution is -2.56. The first kappa shape index (κ1) is 7.52. The topological polar surface area (TPSA) is 44.4 Å². The first-order chi connectivity index (χ1) is 5.29. The Balaban J connectivity index is 2.13. The third kappa shape index (κ3) is 1.17. The zero-order chi connectivity index (χ0) is 7.84. The van der Waals surface area contributed by atoms with Gasteiger partial charge >= 0.3 is 0 Å². The van der Waals surface area contributed by atoms with Crippen molar-refractivity contribution < 1.29 is 4.79 Å². The number of hydrogen-bond acceptors (Lipinski definition) is 3. The molecule has 0 radical (unpaired) electrons. The van der Waals surface area contributed by atoms with Gasteiger partial charge in [0.25, 0.3) is 5.91 Å². The number of nitrogens with one attached hydrogen (secondary N) is 2. The van der Waals surface area contributed by atoms with E-state index in [2.05, 4.69) is 31.5 Å². The molecule has 4 nitrogen and oxygen atoms in total. The van der Waals surface area contributed by atoms with Gasteiger partial charge in [0.15, 0.2) is 0 Å². The molecule has 2 fully saturated rings. The van der Waals surface area contributed by atoms with Crippen molar-refractivity contribution in [1.82, 2.24) is 15.5 Å². The van der Waals surface area contributed by atoms with E-state index in [-0.39, 0.29) is 12.1 Å². The van der Waals surface area contributed by atoms with Gasteiger partial charge in [-0.05, 0) is 0 Å². The summed E-state index contributed by atoms with van der Waals surface area (Å²) in [6.07, 6.45) is -0.104. The number of halogens is 1. The molecule has 2 unspecified atom stereocenters. The van der Waals surface area contributed by atoms with Crippen LogP contribution in [0.2, 0.25) is 0 Å². The standard InChI is InChI=1S/C6H10BrN3O/c7-4-3-9-5-6(11)8-1-2-10(4)5/h4-5,9H,1-3H2,(H,8,11). The number of nitrogens with zero attached hydrogens (tertiary/aromatic N) is 1. The Labute approximate surface area is 73.4 Å². The quantitative estimate of drug-likeness (QED) is 0.409. The average molecular weight is 220 g/mol. The Morgan fingerprint density at radius 3 is 3.18 bits per heavy atom. The van der Waals surface area contributed by atoms with E-state index in [1.54, 1.807) is 0 Å². The number of alkyl halides is 1. The number of carbonyl (C=O) groups excluding carboxylic acids is 1. The van der Waals surface area contributed by atoms with Gasteiger partial charge in [-0.25, -0.2) is 0 Å². The molecule has 0 bridgehead atoms. The second-order valence-electron chi connectivity index (χ2n) is 2.77. The van der Waals surface area contributed by atoms with Crippen molar-refractivity contribution in [1.29, 1.82) is 0 Å². The molecule has 0 aromatic heterocycles. The van der Waals surface area contributed by atoms with Crippen LogP contribution in [0.1, 0.15) is 0 Å². The highest BCUT2D eigenvalue weighted by Crippen LogP contribution is 2.17. The van der Waals surface area contributed by atoms with E-state index in [9.17, 15) is 4.79 Å². The number of amides is 1. The predicted molar refractivity (Wildman–Crippen MR) is 44.2 cm³/mol. The molecule has 62 valence electrons. The van der Waals surface area contributed by atoms with Gasteiger partial charge in [0.05, 0.1) is 4.95 Å². The van der Waals surface area contributed by atoms with Crippen LogP contribution < -0.4 is 10.6 Å². The Hall–Kier alpha value is -0.130. The summed E-state index contributed by atoms with van der Waals surface area (Å²) in [7, 11) is 0. The first-order valence-corrected chi connectivity index (χ1v) is 4.61. The second-order valence-corrected chi connectivity index (χ2v) is 3.83. The molecule has 2 aliphatic heterocycles. The summed E-state index contributed by atoms with van der Waals surface area (Å²) in [5, 5.41) is 5.94. The van der Waals surface area contributed by atoms with Gasteiger partial charge in [0, 0.05) is 19.6 Å². The van der Waals surface area contributed by atoms with Gasteiger partial charge < -0.3 is 5.32 Å². The Morgan fingerprint density at radius 2 is 2.45 bits per heavy atom. The average Bonchev–Trinajstić information content (AvgIpc) is 2.35. The fourth-order valence-electron chi connectivity index (χ4n) is 1.52. The molecular formula is C6H10BrN3O. The normalized spacial score (nSPS) is 38.5.